The Morgan fingerprint density at radius 2 is 1.83 bits per heavy atom. The monoisotopic (exact) mass is 346 g/mol. The number of ether oxygens (including phenoxy) is 1. The number of alkyl halides is 3. The predicted octanol–water partition coefficient (Wildman–Crippen LogP) is 5.26. The highest BCUT2D eigenvalue weighted by Gasteiger charge is 2.31. The minimum absolute atomic E-state index is 0.158. The SMILES string of the molecule is N#C/C(=C\c1ccccc1OC(F)(F)F)c1nc2ccccc2s1. The molecule has 7 heteroatoms. The molecule has 0 aliphatic carbocycles. The summed E-state index contributed by atoms with van der Waals surface area (Å²) >= 11 is 1.30. The average molecular weight is 346 g/mol. The standard InChI is InChI=1S/C17H9F3N2OS/c18-17(19,20)23-14-7-3-1-5-11(14)9-12(10-21)16-22-13-6-2-4-8-15(13)24-16/h1-9H/b12-9+. The number of fused-ring (bicyclic) bond motifs is 1. The molecule has 1 aromatic heterocycles. The molecule has 0 N–H and O–H groups in total. The Balaban J connectivity index is 2.04. The largest absolute Gasteiger partial charge is 0.573 e. The van der Waals surface area contributed by atoms with Gasteiger partial charge in [0.2, 0.25) is 0 Å². The van der Waals surface area contributed by atoms with E-state index in [-0.39, 0.29) is 16.9 Å². The lowest BCUT2D eigenvalue weighted by Crippen LogP contribution is -2.17. The molecule has 3 aromatic rings. The number of thiazole rings is 1. The highest BCUT2D eigenvalue weighted by atomic mass is 32.1. The van der Waals surface area contributed by atoms with Crippen molar-refractivity contribution in [1.29, 1.82) is 5.26 Å². The molecule has 0 unspecified atom stereocenters. The molecular formula is C17H9F3N2OS. The van der Waals surface area contributed by atoms with Crippen LogP contribution in [0.15, 0.2) is 48.5 Å². The molecule has 1 heterocycles. The van der Waals surface area contributed by atoms with E-state index < -0.39 is 6.36 Å². The zero-order valence-electron chi connectivity index (χ0n) is 12.0. The third-order valence-corrected chi connectivity index (χ3v) is 4.16. The topological polar surface area (TPSA) is 45.9 Å². The van der Waals surface area contributed by atoms with Crippen molar-refractivity contribution < 1.29 is 17.9 Å². The molecular weight excluding hydrogens is 337 g/mol. The van der Waals surface area contributed by atoms with Crippen molar-refractivity contribution in [3.8, 4) is 11.8 Å². The van der Waals surface area contributed by atoms with Gasteiger partial charge >= 0.3 is 6.36 Å². The number of nitriles is 1. The molecule has 0 amide bonds. The van der Waals surface area contributed by atoms with Crippen LogP contribution in [0, 0.1) is 11.3 Å². The van der Waals surface area contributed by atoms with E-state index in [2.05, 4.69) is 9.72 Å². The first-order chi connectivity index (χ1) is 11.5. The quantitative estimate of drug-likeness (QED) is 0.608. The molecule has 0 fully saturated rings. The van der Waals surface area contributed by atoms with Crippen molar-refractivity contribution in [3.63, 3.8) is 0 Å². The van der Waals surface area contributed by atoms with Gasteiger partial charge < -0.3 is 4.74 Å². The molecule has 0 saturated heterocycles. The summed E-state index contributed by atoms with van der Waals surface area (Å²) in [6, 6.07) is 15.0. The summed E-state index contributed by atoms with van der Waals surface area (Å²) in [5.41, 5.74) is 1.07. The summed E-state index contributed by atoms with van der Waals surface area (Å²) in [6.07, 6.45) is -3.45. The maximum atomic E-state index is 12.5. The van der Waals surface area contributed by atoms with Gasteiger partial charge in [0.15, 0.2) is 0 Å². The van der Waals surface area contributed by atoms with Gasteiger partial charge in [-0.25, -0.2) is 4.98 Å². The normalized spacial score (nSPS) is 12.2. The van der Waals surface area contributed by atoms with E-state index >= 15 is 0 Å². The Labute approximate surface area is 139 Å². The fraction of sp³-hybridized carbons (Fsp3) is 0.0588. The molecule has 0 saturated carbocycles. The van der Waals surface area contributed by atoms with Crippen LogP contribution in [0.4, 0.5) is 13.2 Å². The van der Waals surface area contributed by atoms with E-state index in [4.69, 9.17) is 0 Å². The highest BCUT2D eigenvalue weighted by molar-refractivity contribution is 7.19. The lowest BCUT2D eigenvalue weighted by atomic mass is 10.1. The van der Waals surface area contributed by atoms with E-state index in [1.54, 1.807) is 6.07 Å². The Bertz CT molecular complexity index is 921. The van der Waals surface area contributed by atoms with Gasteiger partial charge in [-0.1, -0.05) is 30.3 Å². The van der Waals surface area contributed by atoms with Gasteiger partial charge in [-0.2, -0.15) is 5.26 Å². The second-order valence-electron chi connectivity index (χ2n) is 4.74. The lowest BCUT2D eigenvalue weighted by molar-refractivity contribution is -0.274. The molecule has 0 aliphatic heterocycles. The third-order valence-electron chi connectivity index (χ3n) is 3.09. The first-order valence-electron chi connectivity index (χ1n) is 6.79. The van der Waals surface area contributed by atoms with Crippen molar-refractivity contribution in [3.05, 3.63) is 59.1 Å². The van der Waals surface area contributed by atoms with Crippen molar-refractivity contribution in [1.82, 2.24) is 4.98 Å². The smallest absolute Gasteiger partial charge is 0.405 e. The van der Waals surface area contributed by atoms with Crippen LogP contribution in [0.5, 0.6) is 5.75 Å². The van der Waals surface area contributed by atoms with Crippen LogP contribution in [0.25, 0.3) is 21.9 Å². The summed E-state index contributed by atoms with van der Waals surface area (Å²) in [7, 11) is 0. The number of benzene rings is 2. The van der Waals surface area contributed by atoms with E-state index in [0.29, 0.717) is 5.01 Å². The molecule has 120 valence electrons. The molecule has 2 aromatic carbocycles. The van der Waals surface area contributed by atoms with Crippen molar-refractivity contribution in [2.24, 2.45) is 0 Å². The van der Waals surface area contributed by atoms with Gasteiger partial charge in [-0.3, -0.25) is 0 Å². The van der Waals surface area contributed by atoms with E-state index in [1.807, 2.05) is 30.3 Å². The summed E-state index contributed by atoms with van der Waals surface area (Å²) in [6.45, 7) is 0. The highest BCUT2D eigenvalue weighted by Crippen LogP contribution is 2.31. The maximum absolute atomic E-state index is 12.5. The Morgan fingerprint density at radius 3 is 2.54 bits per heavy atom. The minimum Gasteiger partial charge on any atom is -0.405 e. The van der Waals surface area contributed by atoms with Crippen LogP contribution in [0.3, 0.4) is 0 Å². The Morgan fingerprint density at radius 1 is 1.12 bits per heavy atom. The van der Waals surface area contributed by atoms with Crippen molar-refractivity contribution >= 4 is 33.2 Å². The Kier molecular flexibility index (Phi) is 4.23. The fourth-order valence-corrected chi connectivity index (χ4v) is 3.03. The molecule has 0 radical (unpaired) electrons. The van der Waals surface area contributed by atoms with Gasteiger partial charge in [0.25, 0.3) is 0 Å². The molecule has 3 rings (SSSR count). The maximum Gasteiger partial charge on any atom is 0.573 e. The first kappa shape index (κ1) is 16.0. The van der Waals surface area contributed by atoms with Crippen LogP contribution in [-0.4, -0.2) is 11.3 Å². The van der Waals surface area contributed by atoms with Crippen LogP contribution in [0.1, 0.15) is 10.6 Å². The number of aromatic nitrogens is 1. The number of halogens is 3. The fourth-order valence-electron chi connectivity index (χ4n) is 2.10. The van der Waals surface area contributed by atoms with Crippen LogP contribution < -0.4 is 4.74 Å². The number of hydrogen-bond acceptors (Lipinski definition) is 4. The van der Waals surface area contributed by atoms with Gasteiger partial charge in [0.05, 0.1) is 15.8 Å². The van der Waals surface area contributed by atoms with Gasteiger partial charge in [0, 0.05) is 5.56 Å². The lowest BCUT2D eigenvalue weighted by Gasteiger charge is -2.11. The molecule has 0 atom stereocenters. The molecule has 0 bridgehead atoms. The van der Waals surface area contributed by atoms with E-state index in [0.717, 1.165) is 10.2 Å². The first-order valence-corrected chi connectivity index (χ1v) is 7.60. The van der Waals surface area contributed by atoms with Crippen LogP contribution in [-0.2, 0) is 0 Å². The number of nitrogens with zero attached hydrogens (tertiary/aromatic N) is 2. The van der Waals surface area contributed by atoms with Crippen molar-refractivity contribution in [2.45, 2.75) is 6.36 Å². The number of hydrogen-bond donors (Lipinski definition) is 0. The predicted molar refractivity (Wildman–Crippen MR) is 86.2 cm³/mol. The van der Waals surface area contributed by atoms with E-state index in [9.17, 15) is 18.4 Å². The van der Waals surface area contributed by atoms with Crippen LogP contribution in [0.2, 0.25) is 0 Å². The summed E-state index contributed by atoms with van der Waals surface area (Å²) in [5, 5.41) is 9.82. The Hall–Kier alpha value is -2.85. The van der Waals surface area contributed by atoms with Gasteiger partial charge in [0.1, 0.15) is 16.8 Å². The number of para-hydroxylation sites is 2. The summed E-state index contributed by atoms with van der Waals surface area (Å²) in [4.78, 5) is 4.35. The van der Waals surface area contributed by atoms with Gasteiger partial charge in [-0.15, -0.1) is 24.5 Å². The average Bonchev–Trinajstić information content (AvgIpc) is 2.96. The number of rotatable bonds is 3. The zero-order chi connectivity index (χ0) is 17.2. The third kappa shape index (κ3) is 3.55. The molecule has 0 aliphatic rings. The van der Waals surface area contributed by atoms with E-state index in [1.165, 1.54) is 35.6 Å². The minimum atomic E-state index is -4.80. The number of allylic oxidation sites excluding steroid dienone is 1. The van der Waals surface area contributed by atoms with Gasteiger partial charge in [-0.05, 0) is 24.3 Å². The second-order valence-corrected chi connectivity index (χ2v) is 5.77. The molecule has 3 nitrogen and oxygen atoms in total. The second kappa shape index (κ2) is 6.34. The van der Waals surface area contributed by atoms with Crippen LogP contribution >= 0.6 is 11.3 Å². The zero-order valence-corrected chi connectivity index (χ0v) is 12.9. The molecule has 0 spiro atoms. The van der Waals surface area contributed by atoms with Crippen molar-refractivity contribution in [2.75, 3.05) is 0 Å². The summed E-state index contributed by atoms with van der Waals surface area (Å²) < 4.78 is 42.4. The summed E-state index contributed by atoms with van der Waals surface area (Å²) in [5.74, 6) is -0.362. The molecule has 24 heavy (non-hydrogen) atoms.